The molecule has 0 saturated carbocycles. The molecule has 0 fully saturated rings. The highest BCUT2D eigenvalue weighted by Crippen LogP contribution is 2.50. The molecule has 6 heteroatoms. The van der Waals surface area contributed by atoms with Crippen molar-refractivity contribution in [3.63, 3.8) is 0 Å². The summed E-state index contributed by atoms with van der Waals surface area (Å²) in [6.45, 7) is 0. The highest BCUT2D eigenvalue weighted by atomic mass is 32.1. The van der Waals surface area contributed by atoms with Gasteiger partial charge in [-0.3, -0.25) is 4.57 Å². The molecule has 0 spiro atoms. The summed E-state index contributed by atoms with van der Waals surface area (Å²) >= 11 is 3.64. The number of hydrogen-bond acceptors (Lipinski definition) is 4. The van der Waals surface area contributed by atoms with E-state index in [0.29, 0.717) is 0 Å². The molecule has 0 aliphatic rings. The van der Waals surface area contributed by atoms with Gasteiger partial charge in [0, 0.05) is 68.4 Å². The van der Waals surface area contributed by atoms with Gasteiger partial charge < -0.3 is 4.57 Å². The van der Waals surface area contributed by atoms with Crippen LogP contribution in [-0.2, 0) is 0 Å². The van der Waals surface area contributed by atoms with Crippen molar-refractivity contribution in [1.29, 1.82) is 0 Å². The van der Waals surface area contributed by atoms with E-state index in [1.807, 2.05) is 11.3 Å². The topological polar surface area (TPSA) is 35.6 Å². The van der Waals surface area contributed by atoms with E-state index < -0.39 is 0 Å². The van der Waals surface area contributed by atoms with E-state index in [1.54, 1.807) is 11.3 Å². The smallest absolute Gasteiger partial charge is 0.163 e. The summed E-state index contributed by atoms with van der Waals surface area (Å²) in [5.41, 5.74) is 9.18. The number of nitrogens with zero attached hydrogens (tertiary/aromatic N) is 4. The Labute approximate surface area is 385 Å². The number of thiophene rings is 2. The molecule has 5 heterocycles. The Morgan fingerprint density at radius 2 is 0.985 bits per heavy atom. The van der Waals surface area contributed by atoms with Gasteiger partial charge in [-0.05, 0) is 75.8 Å². The maximum atomic E-state index is 5.75. The third-order valence-electron chi connectivity index (χ3n) is 13.7. The molecule has 306 valence electrons. The fraction of sp³-hybridized carbons (Fsp3) is 0. The van der Waals surface area contributed by atoms with Crippen molar-refractivity contribution in [2.24, 2.45) is 0 Å². The predicted octanol–water partition coefficient (Wildman–Crippen LogP) is 17.0. The van der Waals surface area contributed by atoms with E-state index in [2.05, 4.69) is 215 Å². The maximum absolute atomic E-state index is 5.75. The van der Waals surface area contributed by atoms with Crippen molar-refractivity contribution in [1.82, 2.24) is 19.1 Å². The van der Waals surface area contributed by atoms with Gasteiger partial charge in [0.2, 0.25) is 0 Å². The summed E-state index contributed by atoms with van der Waals surface area (Å²) < 4.78 is 8.66. The number of para-hydroxylation sites is 2. The van der Waals surface area contributed by atoms with Crippen molar-refractivity contribution in [2.45, 2.75) is 0 Å². The van der Waals surface area contributed by atoms with Gasteiger partial charge in [0.15, 0.2) is 11.6 Å². The Balaban J connectivity index is 1.10. The second kappa shape index (κ2) is 13.7. The molecule has 0 radical (unpaired) electrons. The van der Waals surface area contributed by atoms with E-state index in [1.165, 1.54) is 84.7 Å². The van der Waals surface area contributed by atoms with Gasteiger partial charge in [0.25, 0.3) is 0 Å². The molecule has 66 heavy (non-hydrogen) atoms. The van der Waals surface area contributed by atoms with Crippen LogP contribution in [0.3, 0.4) is 0 Å². The van der Waals surface area contributed by atoms with Crippen molar-refractivity contribution in [3.8, 4) is 34.0 Å². The van der Waals surface area contributed by atoms with Crippen LogP contribution in [0.5, 0.6) is 0 Å². The molecule has 10 aromatic carbocycles. The second-order valence-corrected chi connectivity index (χ2v) is 19.3. The third kappa shape index (κ3) is 5.02. The highest BCUT2D eigenvalue weighted by molar-refractivity contribution is 7.27. The zero-order valence-electron chi connectivity index (χ0n) is 35.2. The summed E-state index contributed by atoms with van der Waals surface area (Å²) in [7, 11) is 0. The predicted molar refractivity (Wildman–Crippen MR) is 282 cm³/mol. The van der Waals surface area contributed by atoms with Crippen LogP contribution >= 0.6 is 22.7 Å². The van der Waals surface area contributed by atoms with Gasteiger partial charge in [0.05, 0.1) is 27.5 Å². The summed E-state index contributed by atoms with van der Waals surface area (Å²) in [6.07, 6.45) is 0. The minimum atomic E-state index is 0.724. The van der Waals surface area contributed by atoms with Crippen LogP contribution in [0.15, 0.2) is 206 Å². The lowest BCUT2D eigenvalue weighted by atomic mass is 9.98. The minimum Gasteiger partial charge on any atom is -0.309 e. The van der Waals surface area contributed by atoms with E-state index >= 15 is 0 Å². The Kier molecular flexibility index (Phi) is 7.50. The fourth-order valence-corrected chi connectivity index (χ4v) is 13.2. The standard InChI is InChI=1S/C60H34N4S2/c1-2-17-38(18-3-1)63-48-26-11-8-20-40(48)41-31-29-37(34-50(41)63)36-30-32-49-47(33-36)54-56(43-22-7-6-21-42(43)53-45-23-9-12-27-51(45)65-57(53)54)64(49)59-55-46-24-10-13-28-52(46)66-60(55)62-58(61-59)44-25-14-16-35-15-4-5-19-39(35)44/h1-34H. The normalized spacial score (nSPS) is 12.2. The number of rotatable bonds is 4. The lowest BCUT2D eigenvalue weighted by Crippen LogP contribution is -2.02. The van der Waals surface area contributed by atoms with Gasteiger partial charge in [-0.1, -0.05) is 158 Å². The summed E-state index contributed by atoms with van der Waals surface area (Å²) in [4.78, 5) is 12.1. The Hall–Kier alpha value is -8.16. The van der Waals surface area contributed by atoms with Crippen molar-refractivity contribution in [2.75, 3.05) is 0 Å². The maximum Gasteiger partial charge on any atom is 0.163 e. The van der Waals surface area contributed by atoms with E-state index in [4.69, 9.17) is 9.97 Å². The molecular weight excluding hydrogens is 841 g/mol. The largest absolute Gasteiger partial charge is 0.309 e. The monoisotopic (exact) mass is 874 g/mol. The van der Waals surface area contributed by atoms with E-state index in [0.717, 1.165) is 54.9 Å². The minimum absolute atomic E-state index is 0.724. The third-order valence-corrected chi connectivity index (χ3v) is 16.0. The first-order valence-corrected chi connectivity index (χ1v) is 24.0. The van der Waals surface area contributed by atoms with Gasteiger partial charge in [-0.25, -0.2) is 9.97 Å². The lowest BCUT2D eigenvalue weighted by molar-refractivity contribution is 1.09. The first kappa shape index (κ1) is 36.2. The van der Waals surface area contributed by atoms with E-state index in [9.17, 15) is 0 Å². The number of hydrogen-bond donors (Lipinski definition) is 0. The molecule has 4 nitrogen and oxygen atoms in total. The van der Waals surface area contributed by atoms with Gasteiger partial charge >= 0.3 is 0 Å². The first-order valence-electron chi connectivity index (χ1n) is 22.3. The van der Waals surface area contributed by atoms with Crippen LogP contribution in [0.1, 0.15) is 0 Å². The molecule has 0 N–H and O–H groups in total. The van der Waals surface area contributed by atoms with Crippen LogP contribution in [0.4, 0.5) is 0 Å². The molecule has 0 bridgehead atoms. The van der Waals surface area contributed by atoms with Gasteiger partial charge in [-0.15, -0.1) is 22.7 Å². The molecule has 5 aromatic heterocycles. The first-order chi connectivity index (χ1) is 32.7. The Morgan fingerprint density at radius 3 is 1.83 bits per heavy atom. The van der Waals surface area contributed by atoms with Crippen LogP contribution in [0.2, 0.25) is 0 Å². The van der Waals surface area contributed by atoms with Gasteiger partial charge in [-0.2, -0.15) is 0 Å². The molecule has 15 rings (SSSR count). The van der Waals surface area contributed by atoms with Crippen LogP contribution < -0.4 is 0 Å². The second-order valence-electron chi connectivity index (χ2n) is 17.2. The molecular formula is C60H34N4S2. The molecule has 15 aromatic rings. The van der Waals surface area contributed by atoms with Gasteiger partial charge in [0.1, 0.15) is 4.83 Å². The van der Waals surface area contributed by atoms with E-state index in [-0.39, 0.29) is 0 Å². The zero-order chi connectivity index (χ0) is 43.0. The highest BCUT2D eigenvalue weighted by Gasteiger charge is 2.26. The Bertz CT molecular complexity index is 4530. The van der Waals surface area contributed by atoms with Crippen LogP contribution in [-0.4, -0.2) is 19.1 Å². The van der Waals surface area contributed by atoms with Crippen molar-refractivity contribution >= 4 is 128 Å². The molecule has 0 saturated heterocycles. The number of benzene rings is 10. The molecule has 0 aliphatic heterocycles. The number of aromatic nitrogens is 4. The molecule has 0 aliphatic carbocycles. The summed E-state index contributed by atoms with van der Waals surface area (Å²) in [6, 6.07) is 75.2. The Morgan fingerprint density at radius 1 is 0.364 bits per heavy atom. The lowest BCUT2D eigenvalue weighted by Gasteiger charge is -2.14. The molecule has 0 amide bonds. The number of fused-ring (bicyclic) bond motifs is 17. The SMILES string of the molecule is c1ccc(-n2c3ccccc3c3ccc(-c4ccc5c(c4)c4c6sc7ccccc7c6c6ccccc6c4n5-c4nc(-c5cccc6ccccc56)nc5sc6ccccc6c45)cc32)cc1. The van der Waals surface area contributed by atoms with Crippen LogP contribution in [0, 0.1) is 0 Å². The molecule has 0 unspecified atom stereocenters. The summed E-state index contributed by atoms with van der Waals surface area (Å²) in [5.74, 6) is 1.62. The average Bonchev–Trinajstić information content (AvgIpc) is 4.14. The zero-order valence-corrected chi connectivity index (χ0v) is 36.9. The fourth-order valence-electron chi connectivity index (χ4n) is 10.9. The molecule has 0 atom stereocenters. The average molecular weight is 875 g/mol. The summed E-state index contributed by atoms with van der Waals surface area (Å²) in [5, 5.41) is 14.5. The van der Waals surface area contributed by atoms with Crippen molar-refractivity contribution < 1.29 is 0 Å². The van der Waals surface area contributed by atoms with Crippen LogP contribution in [0.25, 0.3) is 140 Å². The quantitative estimate of drug-likeness (QED) is 0.177. The van der Waals surface area contributed by atoms with Crippen molar-refractivity contribution in [3.05, 3.63) is 206 Å².